The molecule has 1 aromatic heterocycles. The highest BCUT2D eigenvalue weighted by Crippen LogP contribution is 2.62. The van der Waals surface area contributed by atoms with E-state index in [2.05, 4.69) is 13.8 Å². The third-order valence-corrected chi connectivity index (χ3v) is 7.98. The van der Waals surface area contributed by atoms with Crippen LogP contribution in [0, 0.1) is 28.6 Å². The van der Waals surface area contributed by atoms with Crippen molar-refractivity contribution in [2.45, 2.75) is 65.7 Å². The number of carbonyl (C=O) groups excluding carboxylic acids is 3. The van der Waals surface area contributed by atoms with Crippen molar-refractivity contribution in [1.82, 2.24) is 0 Å². The van der Waals surface area contributed by atoms with Crippen LogP contribution in [0.15, 0.2) is 16.7 Å². The van der Waals surface area contributed by atoms with Crippen LogP contribution in [0.2, 0.25) is 0 Å². The fourth-order valence-electron chi connectivity index (χ4n) is 6.56. The van der Waals surface area contributed by atoms with Gasteiger partial charge in [-0.05, 0) is 74.7 Å². The summed E-state index contributed by atoms with van der Waals surface area (Å²) in [6.45, 7) is 6.21. The van der Waals surface area contributed by atoms with Crippen molar-refractivity contribution in [3.8, 4) is 0 Å². The first kappa shape index (κ1) is 22.6. The van der Waals surface area contributed by atoms with Crippen LogP contribution in [0.4, 0.5) is 0 Å². The summed E-state index contributed by atoms with van der Waals surface area (Å²) in [6, 6.07) is 1.85. The van der Waals surface area contributed by atoms with Gasteiger partial charge in [0.2, 0.25) is 0 Å². The number of fused-ring (bicyclic) bond motifs is 1. The molecule has 0 bridgehead atoms. The molecular formula is C24H34O6. The zero-order valence-electron chi connectivity index (χ0n) is 18.6. The number of rotatable bonds is 7. The highest BCUT2D eigenvalue weighted by atomic mass is 16.5. The lowest BCUT2D eigenvalue weighted by Gasteiger charge is -2.59. The molecule has 5 atom stereocenters. The first-order chi connectivity index (χ1) is 14.3. The van der Waals surface area contributed by atoms with E-state index in [0.29, 0.717) is 12.4 Å². The largest absolute Gasteiger partial charge is 0.469 e. The SMILES string of the molecule is COC(=O)[C@]1(C)CCC[C@]2(C)[C@H](CCc3ccoc3C=O)[C@@H](COC(C)=O)CC[C@H]21. The van der Waals surface area contributed by atoms with Gasteiger partial charge in [-0.25, -0.2) is 0 Å². The highest BCUT2D eigenvalue weighted by Gasteiger charge is 2.58. The van der Waals surface area contributed by atoms with Crippen LogP contribution in [0.3, 0.4) is 0 Å². The van der Waals surface area contributed by atoms with E-state index in [9.17, 15) is 14.4 Å². The van der Waals surface area contributed by atoms with Crippen LogP contribution in [0.1, 0.15) is 75.4 Å². The van der Waals surface area contributed by atoms with Gasteiger partial charge in [-0.15, -0.1) is 0 Å². The Labute approximate surface area is 178 Å². The molecule has 0 aliphatic heterocycles. The van der Waals surface area contributed by atoms with Crippen LogP contribution < -0.4 is 0 Å². The summed E-state index contributed by atoms with van der Waals surface area (Å²) in [5.41, 5.74) is 0.360. The van der Waals surface area contributed by atoms with Gasteiger partial charge in [0.05, 0.1) is 25.4 Å². The Kier molecular flexibility index (Phi) is 6.73. The summed E-state index contributed by atoms with van der Waals surface area (Å²) in [5, 5.41) is 0. The summed E-state index contributed by atoms with van der Waals surface area (Å²) >= 11 is 0. The topological polar surface area (TPSA) is 82.8 Å². The van der Waals surface area contributed by atoms with Crippen molar-refractivity contribution >= 4 is 18.2 Å². The van der Waals surface area contributed by atoms with Crippen LogP contribution >= 0.6 is 0 Å². The minimum absolute atomic E-state index is 0.0602. The number of hydrogen-bond acceptors (Lipinski definition) is 6. The normalized spacial score (nSPS) is 33.4. The summed E-state index contributed by atoms with van der Waals surface area (Å²) in [5.74, 6) is 0.735. The van der Waals surface area contributed by atoms with E-state index in [4.69, 9.17) is 13.9 Å². The molecule has 2 fully saturated rings. The number of esters is 2. The Balaban J connectivity index is 1.90. The molecule has 30 heavy (non-hydrogen) atoms. The average Bonchev–Trinajstić information content (AvgIpc) is 3.17. The number of methoxy groups -OCH3 is 1. The van der Waals surface area contributed by atoms with Gasteiger partial charge in [-0.3, -0.25) is 14.4 Å². The van der Waals surface area contributed by atoms with Gasteiger partial charge in [0.1, 0.15) is 0 Å². The van der Waals surface area contributed by atoms with Gasteiger partial charge in [-0.1, -0.05) is 13.3 Å². The Morgan fingerprint density at radius 1 is 1.27 bits per heavy atom. The van der Waals surface area contributed by atoms with E-state index in [0.717, 1.165) is 56.8 Å². The molecule has 0 aromatic carbocycles. The summed E-state index contributed by atoms with van der Waals surface area (Å²) in [4.78, 5) is 35.5. The molecule has 3 rings (SSSR count). The summed E-state index contributed by atoms with van der Waals surface area (Å²) in [6.07, 6.45) is 8.59. The lowest BCUT2D eigenvalue weighted by atomic mass is 9.45. The minimum Gasteiger partial charge on any atom is -0.469 e. The second-order valence-corrected chi connectivity index (χ2v) is 9.53. The monoisotopic (exact) mass is 418 g/mol. The third kappa shape index (κ3) is 4.06. The molecule has 2 aliphatic carbocycles. The van der Waals surface area contributed by atoms with Gasteiger partial charge in [0.25, 0.3) is 0 Å². The van der Waals surface area contributed by atoms with Crippen molar-refractivity contribution < 1.29 is 28.3 Å². The number of furan rings is 1. The van der Waals surface area contributed by atoms with E-state index in [-0.39, 0.29) is 35.1 Å². The predicted octanol–water partition coefficient (Wildman–Crippen LogP) is 4.60. The van der Waals surface area contributed by atoms with Crippen molar-refractivity contribution in [3.05, 3.63) is 23.7 Å². The molecule has 6 nitrogen and oxygen atoms in total. The van der Waals surface area contributed by atoms with Crippen LogP contribution in [-0.4, -0.2) is 31.9 Å². The number of aldehydes is 1. The first-order valence-electron chi connectivity index (χ1n) is 11.0. The van der Waals surface area contributed by atoms with E-state index < -0.39 is 5.41 Å². The van der Waals surface area contributed by atoms with E-state index in [1.165, 1.54) is 14.0 Å². The Bertz CT molecular complexity index is 782. The van der Waals surface area contributed by atoms with Gasteiger partial charge in [-0.2, -0.15) is 0 Å². The van der Waals surface area contributed by atoms with Crippen molar-refractivity contribution in [3.63, 3.8) is 0 Å². The minimum atomic E-state index is -0.490. The summed E-state index contributed by atoms with van der Waals surface area (Å²) < 4.78 is 15.9. The maximum Gasteiger partial charge on any atom is 0.311 e. The van der Waals surface area contributed by atoms with E-state index in [1.807, 2.05) is 6.07 Å². The molecule has 6 heteroatoms. The van der Waals surface area contributed by atoms with Gasteiger partial charge < -0.3 is 13.9 Å². The highest BCUT2D eigenvalue weighted by molar-refractivity contribution is 5.77. The van der Waals surface area contributed by atoms with Crippen molar-refractivity contribution in [1.29, 1.82) is 0 Å². The molecule has 2 aliphatic rings. The second kappa shape index (κ2) is 8.94. The molecule has 0 amide bonds. The lowest BCUT2D eigenvalue weighted by molar-refractivity contribution is -0.176. The molecule has 1 heterocycles. The maximum absolute atomic E-state index is 12.8. The van der Waals surface area contributed by atoms with Gasteiger partial charge >= 0.3 is 11.9 Å². The third-order valence-electron chi connectivity index (χ3n) is 7.98. The Hall–Kier alpha value is -2.11. The van der Waals surface area contributed by atoms with Crippen LogP contribution in [-0.2, 0) is 25.5 Å². The first-order valence-corrected chi connectivity index (χ1v) is 11.0. The van der Waals surface area contributed by atoms with Crippen molar-refractivity contribution in [2.75, 3.05) is 13.7 Å². The van der Waals surface area contributed by atoms with Crippen molar-refractivity contribution in [2.24, 2.45) is 28.6 Å². The molecule has 2 saturated carbocycles. The smallest absolute Gasteiger partial charge is 0.311 e. The van der Waals surface area contributed by atoms with Gasteiger partial charge in [0.15, 0.2) is 12.0 Å². The average molecular weight is 419 g/mol. The molecule has 0 N–H and O–H groups in total. The van der Waals surface area contributed by atoms with Crippen LogP contribution in [0.25, 0.3) is 0 Å². The van der Waals surface area contributed by atoms with Crippen LogP contribution in [0.5, 0.6) is 0 Å². The maximum atomic E-state index is 12.8. The van der Waals surface area contributed by atoms with Gasteiger partial charge in [0, 0.05) is 12.5 Å². The molecule has 1 aromatic rings. The predicted molar refractivity (Wildman–Crippen MR) is 111 cm³/mol. The molecule has 166 valence electrons. The standard InChI is InChI=1S/C24H34O6/c1-16(26)30-15-18-7-9-21-23(2,11-5-12-24(21,3)22(27)28-4)19(18)8-6-17-10-13-29-20(17)14-25/h10,13-14,18-19,21H,5-9,11-12,15H2,1-4H3/t18-,19-,21-,23-,24-/m1/s1. The second-order valence-electron chi connectivity index (χ2n) is 9.53. The zero-order chi connectivity index (χ0) is 21.9. The number of aryl methyl sites for hydroxylation is 1. The quantitative estimate of drug-likeness (QED) is 0.475. The summed E-state index contributed by atoms with van der Waals surface area (Å²) in [7, 11) is 1.48. The number of carbonyl (C=O) groups is 3. The fraction of sp³-hybridized carbons (Fsp3) is 0.708. The fourth-order valence-corrected chi connectivity index (χ4v) is 6.56. The molecule has 0 spiro atoms. The zero-order valence-corrected chi connectivity index (χ0v) is 18.6. The number of ether oxygens (including phenoxy) is 2. The molecule has 0 saturated heterocycles. The Morgan fingerprint density at radius 2 is 2.03 bits per heavy atom. The molecule has 0 unspecified atom stereocenters. The lowest BCUT2D eigenvalue weighted by Crippen LogP contribution is -2.55. The number of hydrogen-bond donors (Lipinski definition) is 0. The van der Waals surface area contributed by atoms with E-state index in [1.54, 1.807) is 6.26 Å². The van der Waals surface area contributed by atoms with E-state index >= 15 is 0 Å². The Morgan fingerprint density at radius 3 is 2.70 bits per heavy atom. The molecular weight excluding hydrogens is 384 g/mol. The molecule has 0 radical (unpaired) electrons.